The van der Waals surface area contributed by atoms with Crippen molar-refractivity contribution < 1.29 is 5.11 Å². The summed E-state index contributed by atoms with van der Waals surface area (Å²) in [6, 6.07) is 0.265. The van der Waals surface area contributed by atoms with Crippen LogP contribution < -0.4 is 5.32 Å². The Kier molecular flexibility index (Phi) is 10.9. The Hall–Kier alpha value is -0.120. The van der Waals surface area contributed by atoms with Gasteiger partial charge in [0.05, 0.1) is 6.61 Å². The molecule has 0 aromatic carbocycles. The Morgan fingerprint density at radius 1 is 1.24 bits per heavy atom. The van der Waals surface area contributed by atoms with Crippen molar-refractivity contribution in [1.29, 1.82) is 0 Å². The van der Waals surface area contributed by atoms with Crippen molar-refractivity contribution in [2.45, 2.75) is 53.0 Å². The minimum atomic E-state index is 0.251. The van der Waals surface area contributed by atoms with E-state index in [9.17, 15) is 5.11 Å². The monoisotopic (exact) mass is 244 g/mol. The first-order valence-corrected chi connectivity index (χ1v) is 7.24. The third kappa shape index (κ3) is 8.58. The predicted molar refractivity (Wildman–Crippen MR) is 75.4 cm³/mol. The van der Waals surface area contributed by atoms with Crippen molar-refractivity contribution in [2.75, 3.05) is 32.8 Å². The van der Waals surface area contributed by atoms with Crippen molar-refractivity contribution in [3.63, 3.8) is 0 Å². The van der Waals surface area contributed by atoms with Crippen LogP contribution in [-0.4, -0.2) is 48.8 Å². The molecule has 2 atom stereocenters. The van der Waals surface area contributed by atoms with Crippen molar-refractivity contribution in [1.82, 2.24) is 10.2 Å². The molecule has 2 N–H and O–H groups in total. The second-order valence-corrected chi connectivity index (χ2v) is 5.03. The van der Waals surface area contributed by atoms with E-state index in [-0.39, 0.29) is 12.6 Å². The van der Waals surface area contributed by atoms with Crippen LogP contribution in [0.4, 0.5) is 0 Å². The number of hydrogen-bond acceptors (Lipinski definition) is 3. The summed E-state index contributed by atoms with van der Waals surface area (Å²) in [5, 5.41) is 12.7. The van der Waals surface area contributed by atoms with Gasteiger partial charge < -0.3 is 15.3 Å². The summed E-state index contributed by atoms with van der Waals surface area (Å²) in [5.41, 5.74) is 0. The number of aliphatic hydroxyl groups excluding tert-OH is 1. The first kappa shape index (κ1) is 16.9. The molecule has 0 aromatic heterocycles. The van der Waals surface area contributed by atoms with E-state index in [1.807, 2.05) is 0 Å². The van der Waals surface area contributed by atoms with Gasteiger partial charge in [0.1, 0.15) is 0 Å². The van der Waals surface area contributed by atoms with E-state index >= 15 is 0 Å². The molecule has 104 valence electrons. The van der Waals surface area contributed by atoms with Crippen LogP contribution in [0, 0.1) is 5.92 Å². The van der Waals surface area contributed by atoms with Crippen LogP contribution in [-0.2, 0) is 0 Å². The maximum Gasteiger partial charge on any atom is 0.0585 e. The summed E-state index contributed by atoms with van der Waals surface area (Å²) >= 11 is 0. The van der Waals surface area contributed by atoms with Gasteiger partial charge >= 0.3 is 0 Å². The maximum absolute atomic E-state index is 9.29. The van der Waals surface area contributed by atoms with Gasteiger partial charge in [-0.2, -0.15) is 0 Å². The van der Waals surface area contributed by atoms with E-state index in [2.05, 4.69) is 37.9 Å². The molecule has 0 aliphatic rings. The molecule has 0 radical (unpaired) electrons. The lowest BCUT2D eigenvalue weighted by Gasteiger charge is -2.26. The molecular weight excluding hydrogens is 212 g/mol. The van der Waals surface area contributed by atoms with E-state index < -0.39 is 0 Å². The van der Waals surface area contributed by atoms with Crippen LogP contribution >= 0.6 is 0 Å². The van der Waals surface area contributed by atoms with Gasteiger partial charge in [0.15, 0.2) is 0 Å². The Bertz CT molecular complexity index is 164. The fourth-order valence-electron chi connectivity index (χ4n) is 1.89. The Labute approximate surface area is 108 Å². The maximum atomic E-state index is 9.29. The van der Waals surface area contributed by atoms with Gasteiger partial charge in [-0.3, -0.25) is 0 Å². The third-order valence-corrected chi connectivity index (χ3v) is 3.41. The molecule has 3 nitrogen and oxygen atoms in total. The zero-order chi connectivity index (χ0) is 13.1. The molecule has 0 fully saturated rings. The summed E-state index contributed by atoms with van der Waals surface area (Å²) in [6.45, 7) is 13.6. The van der Waals surface area contributed by atoms with Crippen molar-refractivity contribution in [3.8, 4) is 0 Å². The molecule has 17 heavy (non-hydrogen) atoms. The molecule has 3 heteroatoms. The predicted octanol–water partition coefficient (Wildman–Crippen LogP) is 2.10. The molecule has 0 saturated heterocycles. The van der Waals surface area contributed by atoms with Crippen molar-refractivity contribution in [2.24, 2.45) is 5.92 Å². The van der Waals surface area contributed by atoms with E-state index in [0.29, 0.717) is 0 Å². The molecule has 0 aliphatic carbocycles. The fourth-order valence-corrected chi connectivity index (χ4v) is 1.89. The minimum absolute atomic E-state index is 0.251. The van der Waals surface area contributed by atoms with Crippen molar-refractivity contribution in [3.05, 3.63) is 0 Å². The Morgan fingerprint density at radius 3 is 2.41 bits per heavy atom. The van der Waals surface area contributed by atoms with Gasteiger partial charge in [-0.1, -0.05) is 34.1 Å². The highest BCUT2D eigenvalue weighted by atomic mass is 16.3. The summed E-state index contributed by atoms with van der Waals surface area (Å²) in [7, 11) is 0. The van der Waals surface area contributed by atoms with E-state index in [4.69, 9.17) is 0 Å². The summed E-state index contributed by atoms with van der Waals surface area (Å²) in [5.74, 6) is 0.770. The quantitative estimate of drug-likeness (QED) is 0.584. The average Bonchev–Trinajstić information content (AvgIpc) is 2.37. The van der Waals surface area contributed by atoms with Gasteiger partial charge in [-0.15, -0.1) is 0 Å². The summed E-state index contributed by atoms with van der Waals surface area (Å²) in [6.07, 6.45) is 3.41. The van der Waals surface area contributed by atoms with Crippen LogP contribution in [0.2, 0.25) is 0 Å². The van der Waals surface area contributed by atoms with E-state index in [1.54, 1.807) is 0 Å². The number of aliphatic hydroxyl groups is 1. The SMILES string of the molecule is CCCNC(CO)CCN(CC)CC(C)CC. The molecule has 0 spiro atoms. The summed E-state index contributed by atoms with van der Waals surface area (Å²) in [4.78, 5) is 2.49. The molecule has 0 aliphatic heterocycles. The first-order chi connectivity index (χ1) is 8.17. The molecule has 0 saturated carbocycles. The summed E-state index contributed by atoms with van der Waals surface area (Å²) < 4.78 is 0. The van der Waals surface area contributed by atoms with Crippen LogP contribution in [0.15, 0.2) is 0 Å². The molecule has 0 bridgehead atoms. The first-order valence-electron chi connectivity index (χ1n) is 7.24. The highest BCUT2D eigenvalue weighted by Crippen LogP contribution is 2.05. The van der Waals surface area contributed by atoms with Gasteiger partial charge in [-0.05, 0) is 38.4 Å². The lowest BCUT2D eigenvalue weighted by atomic mass is 10.1. The molecule has 0 aromatic rings. The normalized spacial score (nSPS) is 15.2. The standard InChI is InChI=1S/C14H32N2O/c1-5-9-15-14(12-17)8-10-16(7-3)11-13(4)6-2/h13-15,17H,5-12H2,1-4H3. The second kappa shape index (κ2) is 11.0. The lowest BCUT2D eigenvalue weighted by molar-refractivity contribution is 0.196. The molecular formula is C14H32N2O. The highest BCUT2D eigenvalue weighted by Gasteiger charge is 2.11. The smallest absolute Gasteiger partial charge is 0.0585 e. The number of nitrogens with one attached hydrogen (secondary N) is 1. The zero-order valence-electron chi connectivity index (χ0n) is 12.2. The number of hydrogen-bond donors (Lipinski definition) is 2. The van der Waals surface area contributed by atoms with Crippen LogP contribution in [0.1, 0.15) is 47.0 Å². The van der Waals surface area contributed by atoms with Crippen LogP contribution in [0.25, 0.3) is 0 Å². The largest absolute Gasteiger partial charge is 0.395 e. The highest BCUT2D eigenvalue weighted by molar-refractivity contribution is 4.69. The van der Waals surface area contributed by atoms with Crippen LogP contribution in [0.3, 0.4) is 0 Å². The minimum Gasteiger partial charge on any atom is -0.395 e. The topological polar surface area (TPSA) is 35.5 Å². The molecule has 0 rings (SSSR count). The number of nitrogens with zero attached hydrogens (tertiary/aromatic N) is 1. The molecule has 0 amide bonds. The number of rotatable bonds is 11. The average molecular weight is 244 g/mol. The second-order valence-electron chi connectivity index (χ2n) is 5.03. The lowest BCUT2D eigenvalue weighted by Crippen LogP contribution is -2.38. The van der Waals surface area contributed by atoms with Gasteiger partial charge in [0.2, 0.25) is 0 Å². The van der Waals surface area contributed by atoms with E-state index in [0.717, 1.165) is 38.4 Å². The van der Waals surface area contributed by atoms with Crippen molar-refractivity contribution >= 4 is 0 Å². The fraction of sp³-hybridized carbons (Fsp3) is 1.00. The van der Waals surface area contributed by atoms with Gasteiger partial charge in [0, 0.05) is 12.6 Å². The molecule has 2 unspecified atom stereocenters. The third-order valence-electron chi connectivity index (χ3n) is 3.41. The van der Waals surface area contributed by atoms with Crippen LogP contribution in [0.5, 0.6) is 0 Å². The zero-order valence-corrected chi connectivity index (χ0v) is 12.2. The molecule has 0 heterocycles. The van der Waals surface area contributed by atoms with E-state index in [1.165, 1.54) is 13.0 Å². The Balaban J connectivity index is 3.85. The van der Waals surface area contributed by atoms with Gasteiger partial charge in [0.25, 0.3) is 0 Å². The van der Waals surface area contributed by atoms with Gasteiger partial charge in [-0.25, -0.2) is 0 Å². The Morgan fingerprint density at radius 2 is 1.94 bits per heavy atom.